The Morgan fingerprint density at radius 2 is 1.96 bits per heavy atom. The first-order valence-corrected chi connectivity index (χ1v) is 9.04. The Balaban J connectivity index is 1.56. The molecule has 2 aromatic rings. The predicted octanol–water partition coefficient (Wildman–Crippen LogP) is 3.96. The highest BCUT2D eigenvalue weighted by molar-refractivity contribution is 6.32. The van der Waals surface area contributed by atoms with Gasteiger partial charge in [-0.15, -0.1) is 0 Å². The molecule has 2 aromatic carbocycles. The zero-order chi connectivity index (χ0) is 17.2. The minimum absolute atomic E-state index is 0.0114. The van der Waals surface area contributed by atoms with E-state index in [1.807, 2.05) is 23.1 Å². The second-order valence-corrected chi connectivity index (χ2v) is 6.87. The number of fused-ring (bicyclic) bond motifs is 1. The molecule has 1 atom stereocenters. The number of amides is 1. The van der Waals surface area contributed by atoms with Crippen molar-refractivity contribution in [1.29, 1.82) is 0 Å². The Hall–Kier alpha value is -2.20. The molecule has 1 unspecified atom stereocenters. The summed E-state index contributed by atoms with van der Waals surface area (Å²) in [6.45, 7) is 1.73. The molecular formula is C20H20ClNO3. The van der Waals surface area contributed by atoms with Gasteiger partial charge in [-0.25, -0.2) is 0 Å². The second kappa shape index (κ2) is 6.96. The Labute approximate surface area is 152 Å². The molecule has 0 N–H and O–H groups in total. The molecule has 0 saturated carbocycles. The lowest BCUT2D eigenvalue weighted by Gasteiger charge is -2.26. The average Bonchev–Trinajstić information content (AvgIpc) is 3.10. The molecule has 2 aliphatic rings. The van der Waals surface area contributed by atoms with Crippen LogP contribution in [0.25, 0.3) is 0 Å². The van der Waals surface area contributed by atoms with Crippen molar-refractivity contribution in [2.45, 2.75) is 25.3 Å². The van der Waals surface area contributed by atoms with Crippen LogP contribution < -0.4 is 9.47 Å². The van der Waals surface area contributed by atoms with E-state index in [9.17, 15) is 4.79 Å². The smallest absolute Gasteiger partial charge is 0.254 e. The zero-order valence-corrected chi connectivity index (χ0v) is 14.7. The van der Waals surface area contributed by atoms with Gasteiger partial charge in [0.1, 0.15) is 13.2 Å². The van der Waals surface area contributed by atoms with E-state index >= 15 is 0 Å². The summed E-state index contributed by atoms with van der Waals surface area (Å²) in [5.74, 6) is 1.10. The van der Waals surface area contributed by atoms with Crippen LogP contribution in [-0.4, -0.2) is 36.6 Å². The van der Waals surface area contributed by atoms with Crippen LogP contribution in [-0.2, 0) is 6.42 Å². The third-order valence-corrected chi connectivity index (χ3v) is 5.08. The van der Waals surface area contributed by atoms with E-state index in [0.29, 0.717) is 35.3 Å². The average molecular weight is 358 g/mol. The van der Waals surface area contributed by atoms with Crippen molar-refractivity contribution in [2.75, 3.05) is 19.8 Å². The van der Waals surface area contributed by atoms with Gasteiger partial charge in [0, 0.05) is 18.2 Å². The van der Waals surface area contributed by atoms with Crippen molar-refractivity contribution in [3.05, 3.63) is 58.6 Å². The highest BCUT2D eigenvalue weighted by Crippen LogP contribution is 2.39. The molecule has 2 heterocycles. The van der Waals surface area contributed by atoms with Crippen LogP contribution >= 0.6 is 11.6 Å². The van der Waals surface area contributed by atoms with Crippen LogP contribution in [0.2, 0.25) is 5.02 Å². The van der Waals surface area contributed by atoms with Gasteiger partial charge in [0.2, 0.25) is 0 Å². The molecule has 4 rings (SSSR count). The lowest BCUT2D eigenvalue weighted by atomic mass is 10.0. The summed E-state index contributed by atoms with van der Waals surface area (Å²) in [6, 6.07) is 14.0. The Morgan fingerprint density at radius 1 is 1.16 bits per heavy atom. The first-order chi connectivity index (χ1) is 12.2. The Morgan fingerprint density at radius 3 is 2.80 bits per heavy atom. The first-order valence-electron chi connectivity index (χ1n) is 8.66. The van der Waals surface area contributed by atoms with Crippen LogP contribution in [0.15, 0.2) is 42.5 Å². The van der Waals surface area contributed by atoms with E-state index < -0.39 is 0 Å². The van der Waals surface area contributed by atoms with E-state index in [1.165, 1.54) is 5.56 Å². The van der Waals surface area contributed by atoms with Crippen molar-refractivity contribution in [1.82, 2.24) is 4.90 Å². The maximum Gasteiger partial charge on any atom is 0.254 e. The number of carbonyl (C=O) groups is 1. The molecule has 0 aromatic heterocycles. The number of hydrogen-bond donors (Lipinski definition) is 0. The zero-order valence-electron chi connectivity index (χ0n) is 13.9. The van der Waals surface area contributed by atoms with Crippen LogP contribution in [0.4, 0.5) is 0 Å². The predicted molar refractivity (Wildman–Crippen MR) is 96.6 cm³/mol. The van der Waals surface area contributed by atoms with Crippen molar-refractivity contribution in [3.8, 4) is 11.5 Å². The molecule has 1 amide bonds. The van der Waals surface area contributed by atoms with Gasteiger partial charge < -0.3 is 14.4 Å². The van der Waals surface area contributed by atoms with Crippen LogP contribution in [0, 0.1) is 0 Å². The number of rotatable bonds is 3. The lowest BCUT2D eigenvalue weighted by molar-refractivity contribution is 0.0735. The summed E-state index contributed by atoms with van der Waals surface area (Å²) >= 11 is 6.29. The number of benzene rings is 2. The monoisotopic (exact) mass is 357 g/mol. The molecule has 4 nitrogen and oxygen atoms in total. The van der Waals surface area contributed by atoms with E-state index in [-0.39, 0.29) is 11.9 Å². The molecule has 0 radical (unpaired) electrons. The van der Waals surface area contributed by atoms with E-state index in [2.05, 4.69) is 12.1 Å². The molecule has 25 heavy (non-hydrogen) atoms. The van der Waals surface area contributed by atoms with Gasteiger partial charge in [-0.3, -0.25) is 4.79 Å². The molecule has 130 valence electrons. The fraction of sp³-hybridized carbons (Fsp3) is 0.350. The van der Waals surface area contributed by atoms with Gasteiger partial charge in [-0.2, -0.15) is 0 Å². The minimum Gasteiger partial charge on any atom is -0.486 e. The third kappa shape index (κ3) is 3.31. The topological polar surface area (TPSA) is 38.8 Å². The van der Waals surface area contributed by atoms with Crippen molar-refractivity contribution in [3.63, 3.8) is 0 Å². The van der Waals surface area contributed by atoms with Crippen molar-refractivity contribution < 1.29 is 14.3 Å². The van der Waals surface area contributed by atoms with E-state index in [1.54, 1.807) is 12.1 Å². The number of hydrogen-bond acceptors (Lipinski definition) is 3. The number of likely N-dealkylation sites (tertiary alicyclic amines) is 1. The number of ether oxygens (including phenoxy) is 2. The fourth-order valence-electron chi connectivity index (χ4n) is 3.60. The van der Waals surface area contributed by atoms with Gasteiger partial charge in [-0.1, -0.05) is 41.9 Å². The van der Waals surface area contributed by atoms with Gasteiger partial charge in [0.05, 0.1) is 5.02 Å². The largest absolute Gasteiger partial charge is 0.486 e. The molecule has 0 aliphatic carbocycles. The van der Waals surface area contributed by atoms with E-state index in [4.69, 9.17) is 21.1 Å². The first kappa shape index (κ1) is 16.3. The SMILES string of the molecule is O=C(c1cc(Cl)c2c(c1)OCCO2)N1CCCC1Cc1ccccc1. The molecule has 2 aliphatic heterocycles. The summed E-state index contributed by atoms with van der Waals surface area (Å²) < 4.78 is 11.1. The molecule has 0 spiro atoms. The number of carbonyl (C=O) groups excluding carboxylic acids is 1. The highest BCUT2D eigenvalue weighted by atomic mass is 35.5. The Kier molecular flexibility index (Phi) is 4.53. The summed E-state index contributed by atoms with van der Waals surface area (Å²) in [5.41, 5.74) is 1.82. The van der Waals surface area contributed by atoms with Gasteiger partial charge in [0.15, 0.2) is 11.5 Å². The standard InChI is InChI=1S/C20H20ClNO3/c21-17-12-15(13-18-19(17)25-10-9-24-18)20(23)22-8-4-7-16(22)11-14-5-2-1-3-6-14/h1-3,5-6,12-13,16H,4,7-11H2. The summed E-state index contributed by atoms with van der Waals surface area (Å²) in [6.07, 6.45) is 2.94. The normalized spacial score (nSPS) is 19.1. The molecular weight excluding hydrogens is 338 g/mol. The van der Waals surface area contributed by atoms with Gasteiger partial charge in [-0.05, 0) is 37.0 Å². The summed E-state index contributed by atoms with van der Waals surface area (Å²) in [7, 11) is 0. The minimum atomic E-state index is 0.0114. The van der Waals surface area contributed by atoms with Crippen LogP contribution in [0.3, 0.4) is 0 Å². The molecule has 0 bridgehead atoms. The Bertz CT molecular complexity index is 778. The van der Waals surface area contributed by atoms with Crippen LogP contribution in [0.1, 0.15) is 28.8 Å². The maximum absolute atomic E-state index is 13.1. The molecule has 5 heteroatoms. The van der Waals surface area contributed by atoms with Gasteiger partial charge >= 0.3 is 0 Å². The second-order valence-electron chi connectivity index (χ2n) is 6.47. The van der Waals surface area contributed by atoms with Crippen molar-refractivity contribution >= 4 is 17.5 Å². The third-order valence-electron chi connectivity index (χ3n) is 4.80. The van der Waals surface area contributed by atoms with E-state index in [0.717, 1.165) is 25.8 Å². The quantitative estimate of drug-likeness (QED) is 0.834. The highest BCUT2D eigenvalue weighted by Gasteiger charge is 2.30. The summed E-state index contributed by atoms with van der Waals surface area (Å²) in [5, 5.41) is 0.430. The number of nitrogens with zero attached hydrogens (tertiary/aromatic N) is 1. The number of halogens is 1. The van der Waals surface area contributed by atoms with Crippen molar-refractivity contribution in [2.24, 2.45) is 0 Å². The van der Waals surface area contributed by atoms with Crippen LogP contribution in [0.5, 0.6) is 11.5 Å². The molecule has 1 fully saturated rings. The fourth-order valence-corrected chi connectivity index (χ4v) is 3.87. The molecule has 1 saturated heterocycles. The van der Waals surface area contributed by atoms with Gasteiger partial charge in [0.25, 0.3) is 5.91 Å². The lowest BCUT2D eigenvalue weighted by Crippen LogP contribution is -2.36. The maximum atomic E-state index is 13.1. The summed E-state index contributed by atoms with van der Waals surface area (Å²) in [4.78, 5) is 15.0.